The average molecular weight is 242 g/mol. The third kappa shape index (κ3) is 5.39. The van der Waals surface area contributed by atoms with Gasteiger partial charge < -0.3 is 9.80 Å². The molecule has 2 heterocycles. The first-order valence-corrected chi connectivity index (χ1v) is 7.57. The maximum atomic E-state index is 2.52. The largest absolute Gasteiger partial charge is 0.306 e. The van der Waals surface area contributed by atoms with Gasteiger partial charge in [-0.1, -0.05) is 27.7 Å². The smallest absolute Gasteiger partial charge is 0.00472 e. The van der Waals surface area contributed by atoms with E-state index in [1.54, 1.807) is 0 Å². The van der Waals surface area contributed by atoms with Crippen molar-refractivity contribution in [2.75, 3.05) is 40.3 Å². The van der Waals surface area contributed by atoms with Gasteiger partial charge in [-0.15, -0.1) is 0 Å². The van der Waals surface area contributed by atoms with Crippen LogP contribution >= 0.6 is 0 Å². The van der Waals surface area contributed by atoms with E-state index < -0.39 is 0 Å². The Balaban J connectivity index is 0.000000581. The zero-order chi connectivity index (χ0) is 13.3. The van der Waals surface area contributed by atoms with Gasteiger partial charge in [-0.05, 0) is 58.3 Å². The summed E-state index contributed by atoms with van der Waals surface area (Å²) in [6.07, 6.45) is 5.73. The molecule has 2 saturated heterocycles. The van der Waals surface area contributed by atoms with Crippen LogP contribution in [0, 0.1) is 5.41 Å². The Morgan fingerprint density at radius 3 is 1.35 bits per heavy atom. The quantitative estimate of drug-likeness (QED) is 0.642. The summed E-state index contributed by atoms with van der Waals surface area (Å²) < 4.78 is 0. The minimum atomic E-state index is 0.653. The van der Waals surface area contributed by atoms with Gasteiger partial charge in [0.15, 0.2) is 0 Å². The fourth-order valence-electron chi connectivity index (χ4n) is 3.24. The highest BCUT2D eigenvalue weighted by atomic mass is 15.2. The number of rotatable bonds is 0. The number of hydrogen-bond donors (Lipinski definition) is 0. The summed E-state index contributed by atoms with van der Waals surface area (Å²) in [5.41, 5.74) is 0.653. The number of hydrogen-bond acceptors (Lipinski definition) is 2. The topological polar surface area (TPSA) is 6.48 Å². The lowest BCUT2D eigenvalue weighted by molar-refractivity contribution is 0.0337. The van der Waals surface area contributed by atoms with Gasteiger partial charge in [0.2, 0.25) is 0 Å². The van der Waals surface area contributed by atoms with Crippen LogP contribution in [0.15, 0.2) is 0 Å². The highest BCUT2D eigenvalue weighted by Crippen LogP contribution is 2.37. The maximum Gasteiger partial charge on any atom is 0.00472 e. The molecule has 0 unspecified atom stereocenters. The predicted octanol–water partition coefficient (Wildman–Crippen LogP) is 3.48. The van der Waals surface area contributed by atoms with Crippen LogP contribution in [0.5, 0.6) is 0 Å². The van der Waals surface area contributed by atoms with Gasteiger partial charge in [-0.3, -0.25) is 0 Å². The Morgan fingerprint density at radius 2 is 1.06 bits per heavy atom. The summed E-state index contributed by atoms with van der Waals surface area (Å²) in [4.78, 5) is 5.03. The molecular formula is C15H34N2. The van der Waals surface area contributed by atoms with Crippen LogP contribution in [0.4, 0.5) is 0 Å². The van der Waals surface area contributed by atoms with Crippen molar-refractivity contribution < 1.29 is 0 Å². The average Bonchev–Trinajstić information content (AvgIpc) is 2.33. The van der Waals surface area contributed by atoms with E-state index in [4.69, 9.17) is 0 Å². The fraction of sp³-hybridized carbons (Fsp3) is 1.00. The van der Waals surface area contributed by atoms with E-state index in [1.807, 2.05) is 27.7 Å². The molecule has 1 spiro atoms. The van der Waals surface area contributed by atoms with Crippen LogP contribution in [-0.4, -0.2) is 50.1 Å². The van der Waals surface area contributed by atoms with E-state index >= 15 is 0 Å². The Bertz CT molecular complexity index is 160. The van der Waals surface area contributed by atoms with E-state index in [9.17, 15) is 0 Å². The van der Waals surface area contributed by atoms with Crippen molar-refractivity contribution in [2.45, 2.75) is 53.4 Å². The van der Waals surface area contributed by atoms with Gasteiger partial charge in [-0.25, -0.2) is 0 Å². The fourth-order valence-corrected chi connectivity index (χ4v) is 3.24. The van der Waals surface area contributed by atoms with Crippen LogP contribution in [0.3, 0.4) is 0 Å². The molecule has 0 aromatic rings. The second kappa shape index (κ2) is 8.93. The van der Waals surface area contributed by atoms with Gasteiger partial charge in [0.25, 0.3) is 0 Å². The van der Waals surface area contributed by atoms with Crippen molar-refractivity contribution in [1.29, 1.82) is 0 Å². The van der Waals surface area contributed by atoms with Gasteiger partial charge in [0, 0.05) is 13.1 Å². The molecule has 2 rings (SSSR count). The molecule has 104 valence electrons. The van der Waals surface area contributed by atoms with Crippen molar-refractivity contribution in [3.63, 3.8) is 0 Å². The number of piperidine rings is 2. The molecule has 0 aromatic heterocycles. The van der Waals surface area contributed by atoms with E-state index in [1.165, 1.54) is 51.9 Å². The molecule has 0 N–H and O–H groups in total. The Labute approximate surface area is 109 Å². The zero-order valence-electron chi connectivity index (χ0n) is 13.1. The molecule has 2 aliphatic rings. The molecular weight excluding hydrogens is 208 g/mol. The highest BCUT2D eigenvalue weighted by Gasteiger charge is 2.36. The third-order valence-corrected chi connectivity index (χ3v) is 3.70. The molecule has 0 amide bonds. The molecule has 0 atom stereocenters. The van der Waals surface area contributed by atoms with E-state index in [-0.39, 0.29) is 0 Å². The summed E-state index contributed by atoms with van der Waals surface area (Å²) in [6.45, 7) is 13.3. The summed E-state index contributed by atoms with van der Waals surface area (Å²) in [6, 6.07) is 0. The lowest BCUT2D eigenvalue weighted by atomic mass is 9.74. The van der Waals surface area contributed by atoms with E-state index in [2.05, 4.69) is 23.9 Å². The minimum Gasteiger partial charge on any atom is -0.306 e. The molecule has 0 saturated carbocycles. The van der Waals surface area contributed by atoms with Crippen molar-refractivity contribution in [3.05, 3.63) is 0 Å². The first-order valence-electron chi connectivity index (χ1n) is 7.57. The molecule has 17 heavy (non-hydrogen) atoms. The van der Waals surface area contributed by atoms with Crippen LogP contribution in [-0.2, 0) is 0 Å². The Kier molecular flexibility index (Phi) is 8.89. The molecule has 0 aliphatic carbocycles. The highest BCUT2D eigenvalue weighted by molar-refractivity contribution is 4.91. The molecule has 2 nitrogen and oxygen atoms in total. The summed E-state index contributed by atoms with van der Waals surface area (Å²) >= 11 is 0. The van der Waals surface area contributed by atoms with Gasteiger partial charge in [0.1, 0.15) is 0 Å². The summed E-state index contributed by atoms with van der Waals surface area (Å²) in [5.74, 6) is 0. The molecule has 2 fully saturated rings. The van der Waals surface area contributed by atoms with Crippen LogP contribution in [0.1, 0.15) is 53.4 Å². The van der Waals surface area contributed by atoms with Crippen molar-refractivity contribution >= 4 is 0 Å². The number of likely N-dealkylation sites (tertiary alicyclic amines) is 2. The van der Waals surface area contributed by atoms with Crippen molar-refractivity contribution in [1.82, 2.24) is 9.80 Å². The Morgan fingerprint density at radius 1 is 0.706 bits per heavy atom. The van der Waals surface area contributed by atoms with Crippen molar-refractivity contribution in [3.8, 4) is 0 Å². The molecule has 2 aliphatic heterocycles. The lowest BCUT2D eigenvalue weighted by Gasteiger charge is -2.47. The first-order chi connectivity index (χ1) is 8.20. The van der Waals surface area contributed by atoms with Crippen LogP contribution < -0.4 is 0 Å². The Hall–Kier alpha value is -0.0800. The van der Waals surface area contributed by atoms with Crippen LogP contribution in [0.2, 0.25) is 0 Å². The van der Waals surface area contributed by atoms with E-state index in [0.29, 0.717) is 5.41 Å². The maximum absolute atomic E-state index is 2.52. The van der Waals surface area contributed by atoms with Crippen molar-refractivity contribution in [2.24, 2.45) is 5.41 Å². The second-order valence-electron chi connectivity index (χ2n) is 5.18. The third-order valence-electron chi connectivity index (χ3n) is 3.70. The van der Waals surface area contributed by atoms with E-state index in [0.717, 1.165) is 0 Å². The molecule has 0 bridgehead atoms. The van der Waals surface area contributed by atoms with Gasteiger partial charge >= 0.3 is 0 Å². The van der Waals surface area contributed by atoms with Crippen LogP contribution in [0.25, 0.3) is 0 Å². The van der Waals surface area contributed by atoms with Gasteiger partial charge in [0.05, 0.1) is 0 Å². The first kappa shape index (κ1) is 16.9. The molecule has 2 heteroatoms. The normalized spacial score (nSPS) is 24.4. The SMILES string of the molecule is CC.CC.CN1CCCC2(CCCN(C)C2)C1. The lowest BCUT2D eigenvalue weighted by Crippen LogP contribution is -2.50. The standard InChI is InChI=1S/C11H22N2.2C2H6/c1-12-7-3-5-11(9-12)6-4-8-13(2)10-11;2*1-2/h3-10H2,1-2H3;2*1-2H3. The molecule has 0 radical (unpaired) electrons. The zero-order valence-corrected chi connectivity index (χ0v) is 13.1. The molecule has 0 aromatic carbocycles. The minimum absolute atomic E-state index is 0.653. The number of nitrogens with zero attached hydrogens (tertiary/aromatic N) is 2. The summed E-state index contributed by atoms with van der Waals surface area (Å²) in [5, 5.41) is 0. The predicted molar refractivity (Wildman–Crippen MR) is 78.6 cm³/mol. The summed E-state index contributed by atoms with van der Waals surface area (Å²) in [7, 11) is 4.55. The monoisotopic (exact) mass is 242 g/mol. The van der Waals surface area contributed by atoms with Gasteiger partial charge in [-0.2, -0.15) is 0 Å². The second-order valence-corrected chi connectivity index (χ2v) is 5.18.